The van der Waals surface area contributed by atoms with Crippen molar-refractivity contribution in [2.45, 2.75) is 0 Å². The Morgan fingerprint density at radius 2 is 2.25 bits per heavy atom. The van der Waals surface area contributed by atoms with Crippen LogP contribution in [0.4, 0.5) is 4.39 Å². The van der Waals surface area contributed by atoms with Crippen molar-refractivity contribution in [2.75, 3.05) is 0 Å². The first-order valence-electron chi connectivity index (χ1n) is 3.26. The highest BCUT2D eigenvalue weighted by Gasteiger charge is 2.08. The lowest BCUT2D eigenvalue weighted by atomic mass is 10.2. The molecule has 5 heteroatoms. The highest BCUT2D eigenvalue weighted by Crippen LogP contribution is 2.18. The van der Waals surface area contributed by atoms with Gasteiger partial charge in [-0.05, 0) is 12.1 Å². The molecule has 0 bridgehead atoms. The normalized spacial score (nSPS) is 10.1. The molecule has 0 radical (unpaired) electrons. The second-order valence-electron chi connectivity index (χ2n) is 2.15. The second-order valence-corrected chi connectivity index (χ2v) is 2.67. The fourth-order valence-electron chi connectivity index (χ4n) is 0.853. The van der Waals surface area contributed by atoms with E-state index in [2.05, 4.69) is 13.7 Å². The highest BCUT2D eigenvalue weighted by molar-refractivity contribution is 6.99. The van der Waals surface area contributed by atoms with Crippen molar-refractivity contribution < 1.29 is 4.39 Å². The third kappa shape index (κ3) is 1.18. The van der Waals surface area contributed by atoms with Crippen LogP contribution in [0.3, 0.4) is 0 Å². The smallest absolute Gasteiger partial charge is 0.252 e. The summed E-state index contributed by atoms with van der Waals surface area (Å²) in [6.45, 7) is 0. The van der Waals surface area contributed by atoms with Crippen molar-refractivity contribution in [2.24, 2.45) is 0 Å². The first-order valence-corrected chi connectivity index (χ1v) is 3.99. The molecular formula is C7H4FN3S. The largest absolute Gasteiger partial charge is 0.264 e. The zero-order valence-corrected chi connectivity index (χ0v) is 6.75. The number of pyridine rings is 1. The fraction of sp³-hybridized carbons (Fsp3) is 0. The molecule has 0 aliphatic carbocycles. The number of nitrogens with zero attached hydrogens (tertiary/aromatic N) is 3. The molecule has 0 fully saturated rings. The van der Waals surface area contributed by atoms with Crippen LogP contribution in [0, 0.1) is 5.95 Å². The van der Waals surface area contributed by atoms with Gasteiger partial charge in [0.05, 0.1) is 11.7 Å². The Labute approximate surface area is 72.2 Å². The molecule has 3 nitrogen and oxygen atoms in total. The molecule has 0 unspecified atom stereocenters. The summed E-state index contributed by atoms with van der Waals surface area (Å²) in [4.78, 5) is 3.85. The van der Waals surface area contributed by atoms with E-state index >= 15 is 0 Å². The third-order valence-electron chi connectivity index (χ3n) is 1.38. The van der Waals surface area contributed by atoms with Crippen molar-refractivity contribution in [1.29, 1.82) is 0 Å². The molecule has 2 heterocycles. The number of aromatic nitrogens is 3. The molecule has 0 atom stereocenters. The average molecular weight is 181 g/mol. The molecule has 0 aliphatic heterocycles. The summed E-state index contributed by atoms with van der Waals surface area (Å²) in [5.41, 5.74) is 0.928. The predicted octanol–water partition coefficient (Wildman–Crippen LogP) is 1.74. The maximum atomic E-state index is 12.8. The highest BCUT2D eigenvalue weighted by atomic mass is 32.1. The zero-order chi connectivity index (χ0) is 8.39. The molecule has 0 aromatic carbocycles. The van der Waals surface area contributed by atoms with Gasteiger partial charge in [0, 0.05) is 18.0 Å². The van der Waals surface area contributed by atoms with E-state index in [4.69, 9.17) is 0 Å². The Bertz CT molecular complexity index is 373. The number of halogens is 1. The van der Waals surface area contributed by atoms with Crippen LogP contribution in [0.1, 0.15) is 0 Å². The lowest BCUT2D eigenvalue weighted by Crippen LogP contribution is -1.82. The molecule has 60 valence electrons. The molecule has 2 aromatic heterocycles. The van der Waals surface area contributed by atoms with Crippen molar-refractivity contribution in [1.82, 2.24) is 13.7 Å². The topological polar surface area (TPSA) is 38.7 Å². The van der Waals surface area contributed by atoms with Gasteiger partial charge in [0.2, 0.25) is 0 Å². The van der Waals surface area contributed by atoms with Gasteiger partial charge in [-0.3, -0.25) is 4.98 Å². The molecule has 2 aromatic rings. The van der Waals surface area contributed by atoms with Gasteiger partial charge in [0.15, 0.2) is 0 Å². The van der Waals surface area contributed by atoms with Gasteiger partial charge in [0.1, 0.15) is 5.69 Å². The molecule has 0 saturated carbocycles. The van der Waals surface area contributed by atoms with Gasteiger partial charge < -0.3 is 0 Å². The summed E-state index contributed by atoms with van der Waals surface area (Å²) in [5.74, 6) is -0.534. The molecule has 0 amide bonds. The summed E-state index contributed by atoms with van der Waals surface area (Å²) >= 11 is 0.858. The van der Waals surface area contributed by atoms with Gasteiger partial charge >= 0.3 is 0 Å². The van der Waals surface area contributed by atoms with Crippen molar-refractivity contribution in [3.8, 4) is 11.3 Å². The van der Waals surface area contributed by atoms with Crippen molar-refractivity contribution >= 4 is 11.7 Å². The minimum absolute atomic E-state index is 0.271. The maximum Gasteiger partial charge on any atom is 0.252 e. The lowest BCUT2D eigenvalue weighted by molar-refractivity contribution is 0.599. The molecule has 0 aliphatic rings. The Kier molecular flexibility index (Phi) is 1.79. The van der Waals surface area contributed by atoms with Crippen molar-refractivity contribution in [3.63, 3.8) is 0 Å². The molecular weight excluding hydrogens is 177 g/mol. The molecule has 0 N–H and O–H groups in total. The van der Waals surface area contributed by atoms with Crippen LogP contribution in [0.5, 0.6) is 0 Å². The number of rotatable bonds is 1. The van der Waals surface area contributed by atoms with E-state index in [9.17, 15) is 4.39 Å². The van der Waals surface area contributed by atoms with E-state index in [1.807, 2.05) is 0 Å². The molecule has 0 spiro atoms. The van der Waals surface area contributed by atoms with E-state index in [0.717, 1.165) is 11.7 Å². The van der Waals surface area contributed by atoms with Crippen LogP contribution in [-0.4, -0.2) is 13.7 Å². The Morgan fingerprint density at radius 1 is 1.33 bits per heavy atom. The Morgan fingerprint density at radius 3 is 2.83 bits per heavy atom. The molecule has 12 heavy (non-hydrogen) atoms. The van der Waals surface area contributed by atoms with E-state index in [1.54, 1.807) is 24.5 Å². The van der Waals surface area contributed by atoms with E-state index in [1.165, 1.54) is 0 Å². The number of hydrogen-bond donors (Lipinski definition) is 0. The summed E-state index contributed by atoms with van der Waals surface area (Å²) in [6, 6.07) is 3.47. The Hall–Kier alpha value is -1.36. The van der Waals surface area contributed by atoms with E-state index < -0.39 is 5.95 Å². The molecule has 0 saturated heterocycles. The SMILES string of the molecule is Fc1nsnc1-c1cccnc1. The monoisotopic (exact) mass is 181 g/mol. The minimum atomic E-state index is -0.534. The third-order valence-corrected chi connectivity index (χ3v) is 1.89. The van der Waals surface area contributed by atoms with Gasteiger partial charge in [-0.1, -0.05) is 0 Å². The summed E-state index contributed by atoms with van der Waals surface area (Å²) in [6.07, 6.45) is 3.18. The summed E-state index contributed by atoms with van der Waals surface area (Å²) in [5, 5.41) is 0. The lowest BCUT2D eigenvalue weighted by Gasteiger charge is -1.91. The van der Waals surface area contributed by atoms with Gasteiger partial charge in [-0.25, -0.2) is 0 Å². The van der Waals surface area contributed by atoms with Crippen LogP contribution >= 0.6 is 11.7 Å². The summed E-state index contributed by atoms with van der Waals surface area (Å²) in [7, 11) is 0. The van der Waals surface area contributed by atoms with Gasteiger partial charge in [-0.15, -0.1) is 4.37 Å². The van der Waals surface area contributed by atoms with Crippen LogP contribution in [0.2, 0.25) is 0 Å². The average Bonchev–Trinajstić information content (AvgIpc) is 2.53. The predicted molar refractivity (Wildman–Crippen MR) is 43.1 cm³/mol. The van der Waals surface area contributed by atoms with Crippen LogP contribution in [-0.2, 0) is 0 Å². The Balaban J connectivity index is 2.51. The minimum Gasteiger partial charge on any atom is -0.264 e. The van der Waals surface area contributed by atoms with E-state index in [-0.39, 0.29) is 5.69 Å². The summed E-state index contributed by atoms with van der Waals surface area (Å²) < 4.78 is 20.1. The first kappa shape index (κ1) is 7.30. The second kappa shape index (κ2) is 2.94. The number of hydrogen-bond acceptors (Lipinski definition) is 4. The standard InChI is InChI=1S/C7H4FN3S/c8-7-6(10-12-11-7)5-2-1-3-9-4-5/h1-4H. The van der Waals surface area contributed by atoms with Gasteiger partial charge in [-0.2, -0.15) is 8.76 Å². The van der Waals surface area contributed by atoms with Crippen LogP contribution in [0.15, 0.2) is 24.5 Å². The maximum absolute atomic E-state index is 12.8. The fourth-order valence-corrected chi connectivity index (χ4v) is 1.31. The van der Waals surface area contributed by atoms with E-state index in [0.29, 0.717) is 5.56 Å². The zero-order valence-electron chi connectivity index (χ0n) is 5.94. The van der Waals surface area contributed by atoms with Crippen LogP contribution in [0.25, 0.3) is 11.3 Å². The van der Waals surface area contributed by atoms with Crippen molar-refractivity contribution in [3.05, 3.63) is 30.5 Å². The van der Waals surface area contributed by atoms with Gasteiger partial charge in [0.25, 0.3) is 5.95 Å². The van der Waals surface area contributed by atoms with Crippen LogP contribution < -0.4 is 0 Å². The molecule has 2 rings (SSSR count). The quantitative estimate of drug-likeness (QED) is 0.672. The first-order chi connectivity index (χ1) is 5.88.